The van der Waals surface area contributed by atoms with Gasteiger partial charge in [0.2, 0.25) is 11.8 Å². The first kappa shape index (κ1) is 21.2. The van der Waals surface area contributed by atoms with Crippen LogP contribution in [0.1, 0.15) is 59.8 Å². The first-order chi connectivity index (χ1) is 12.2. The molecule has 2 N–H and O–H groups in total. The van der Waals surface area contributed by atoms with Crippen molar-refractivity contribution in [3.8, 4) is 0 Å². The van der Waals surface area contributed by atoms with Crippen LogP contribution < -0.4 is 10.6 Å². The van der Waals surface area contributed by atoms with E-state index in [1.807, 2.05) is 20.8 Å². The Morgan fingerprint density at radius 2 is 1.46 bits per heavy atom. The zero-order valence-corrected chi connectivity index (χ0v) is 17.1. The molecule has 0 aromatic heterocycles. The third-order valence-corrected chi connectivity index (χ3v) is 5.39. The predicted octanol–water partition coefficient (Wildman–Crippen LogP) is 1.60. The van der Waals surface area contributed by atoms with Crippen molar-refractivity contribution < 1.29 is 9.59 Å². The van der Waals surface area contributed by atoms with Gasteiger partial charge < -0.3 is 10.6 Å². The average molecular weight is 367 g/mol. The summed E-state index contributed by atoms with van der Waals surface area (Å²) in [6, 6.07) is 0.348. The second-order valence-corrected chi connectivity index (χ2v) is 9.14. The van der Waals surface area contributed by atoms with Gasteiger partial charge in [0, 0.05) is 24.7 Å². The zero-order chi connectivity index (χ0) is 19.2. The van der Waals surface area contributed by atoms with E-state index in [1.165, 1.54) is 19.3 Å². The Hall–Kier alpha value is -1.14. The molecule has 1 saturated carbocycles. The molecule has 2 atom stereocenters. The van der Waals surface area contributed by atoms with Gasteiger partial charge in [0.25, 0.3) is 0 Å². The molecule has 1 heterocycles. The standard InChI is InChI=1S/C20H38N4O2/c1-16-8-5-6-9-17(16)21-18(25)14-23-10-7-11-24(13-12-23)15-19(26)22-20(2,3)4/h16-17H,5-15H2,1-4H3,(H,21,25)(H,22,26)/t16-,17-/m1/s1. The Balaban J connectivity index is 1.72. The molecule has 0 aromatic rings. The summed E-state index contributed by atoms with van der Waals surface area (Å²) < 4.78 is 0. The topological polar surface area (TPSA) is 64.7 Å². The Morgan fingerprint density at radius 3 is 2.04 bits per heavy atom. The lowest BCUT2D eigenvalue weighted by atomic mass is 9.86. The van der Waals surface area contributed by atoms with Crippen molar-refractivity contribution in [2.24, 2.45) is 5.92 Å². The summed E-state index contributed by atoms with van der Waals surface area (Å²) in [5, 5.41) is 6.27. The Morgan fingerprint density at radius 1 is 0.885 bits per heavy atom. The Bertz CT molecular complexity index is 475. The van der Waals surface area contributed by atoms with Crippen LogP contribution in [-0.2, 0) is 9.59 Å². The molecule has 0 spiro atoms. The van der Waals surface area contributed by atoms with Gasteiger partial charge in [-0.1, -0.05) is 19.8 Å². The molecule has 6 nitrogen and oxygen atoms in total. The maximum Gasteiger partial charge on any atom is 0.234 e. The van der Waals surface area contributed by atoms with E-state index in [1.54, 1.807) is 0 Å². The zero-order valence-electron chi connectivity index (χ0n) is 17.1. The third-order valence-electron chi connectivity index (χ3n) is 5.39. The molecule has 2 fully saturated rings. The van der Waals surface area contributed by atoms with Crippen molar-refractivity contribution in [3.63, 3.8) is 0 Å². The van der Waals surface area contributed by atoms with E-state index in [0.29, 0.717) is 25.0 Å². The van der Waals surface area contributed by atoms with Crippen molar-refractivity contribution >= 4 is 11.8 Å². The molecule has 6 heteroatoms. The van der Waals surface area contributed by atoms with Gasteiger partial charge in [0.1, 0.15) is 0 Å². The molecular weight excluding hydrogens is 328 g/mol. The van der Waals surface area contributed by atoms with Crippen LogP contribution in [0.25, 0.3) is 0 Å². The minimum Gasteiger partial charge on any atom is -0.352 e. The maximum absolute atomic E-state index is 12.4. The molecule has 0 bridgehead atoms. The van der Waals surface area contributed by atoms with Crippen LogP contribution in [0.3, 0.4) is 0 Å². The fourth-order valence-electron chi connectivity index (χ4n) is 3.99. The lowest BCUT2D eigenvalue weighted by molar-refractivity contribution is -0.124. The molecule has 1 saturated heterocycles. The van der Waals surface area contributed by atoms with E-state index in [2.05, 4.69) is 27.4 Å². The third kappa shape index (κ3) is 7.62. The van der Waals surface area contributed by atoms with Crippen LogP contribution in [0, 0.1) is 5.92 Å². The molecule has 1 aliphatic heterocycles. The number of nitrogens with one attached hydrogen (secondary N) is 2. The van der Waals surface area contributed by atoms with Crippen LogP contribution in [-0.4, -0.2) is 72.5 Å². The van der Waals surface area contributed by atoms with Crippen molar-refractivity contribution in [2.45, 2.75) is 71.4 Å². The fraction of sp³-hybridized carbons (Fsp3) is 0.900. The van der Waals surface area contributed by atoms with E-state index in [9.17, 15) is 9.59 Å². The van der Waals surface area contributed by atoms with Crippen molar-refractivity contribution in [1.29, 1.82) is 0 Å². The van der Waals surface area contributed by atoms with Crippen molar-refractivity contribution in [3.05, 3.63) is 0 Å². The average Bonchev–Trinajstić information content (AvgIpc) is 2.73. The molecule has 2 aliphatic rings. The first-order valence-corrected chi connectivity index (χ1v) is 10.3. The van der Waals surface area contributed by atoms with E-state index >= 15 is 0 Å². The number of rotatable bonds is 5. The van der Waals surface area contributed by atoms with Gasteiger partial charge >= 0.3 is 0 Å². The summed E-state index contributed by atoms with van der Waals surface area (Å²) in [7, 11) is 0. The van der Waals surface area contributed by atoms with Gasteiger partial charge in [0.15, 0.2) is 0 Å². The predicted molar refractivity (Wildman–Crippen MR) is 105 cm³/mol. The summed E-state index contributed by atoms with van der Waals surface area (Å²) in [6.07, 6.45) is 5.85. The van der Waals surface area contributed by atoms with Crippen molar-refractivity contribution in [1.82, 2.24) is 20.4 Å². The van der Waals surface area contributed by atoms with Crippen LogP contribution in [0.5, 0.6) is 0 Å². The van der Waals surface area contributed by atoms with Gasteiger partial charge in [-0.2, -0.15) is 0 Å². The molecule has 150 valence electrons. The molecule has 2 rings (SSSR count). The Kier molecular flexibility index (Phi) is 7.89. The van der Waals surface area contributed by atoms with Crippen LogP contribution in [0.2, 0.25) is 0 Å². The highest BCUT2D eigenvalue weighted by molar-refractivity contribution is 5.79. The number of amides is 2. The van der Waals surface area contributed by atoms with Crippen LogP contribution in [0.15, 0.2) is 0 Å². The number of carbonyl (C=O) groups excluding carboxylic acids is 2. The quantitative estimate of drug-likeness (QED) is 0.776. The van der Waals surface area contributed by atoms with Crippen LogP contribution >= 0.6 is 0 Å². The number of hydrogen-bond donors (Lipinski definition) is 2. The maximum atomic E-state index is 12.4. The summed E-state index contributed by atoms with van der Waals surface area (Å²) in [5.74, 6) is 0.825. The lowest BCUT2D eigenvalue weighted by Gasteiger charge is -2.30. The second-order valence-electron chi connectivity index (χ2n) is 9.14. The molecule has 0 unspecified atom stereocenters. The number of hydrogen-bond acceptors (Lipinski definition) is 4. The molecule has 1 aliphatic carbocycles. The van der Waals surface area contributed by atoms with E-state index < -0.39 is 0 Å². The molecule has 0 radical (unpaired) electrons. The van der Waals surface area contributed by atoms with Gasteiger partial charge in [-0.05, 0) is 59.0 Å². The van der Waals surface area contributed by atoms with E-state index in [4.69, 9.17) is 0 Å². The summed E-state index contributed by atoms with van der Waals surface area (Å²) in [6.45, 7) is 12.7. The highest BCUT2D eigenvalue weighted by Crippen LogP contribution is 2.23. The van der Waals surface area contributed by atoms with E-state index in [-0.39, 0.29) is 17.4 Å². The van der Waals surface area contributed by atoms with E-state index in [0.717, 1.165) is 39.0 Å². The monoisotopic (exact) mass is 366 g/mol. The highest BCUT2D eigenvalue weighted by Gasteiger charge is 2.24. The lowest BCUT2D eigenvalue weighted by Crippen LogP contribution is -2.47. The van der Waals surface area contributed by atoms with Gasteiger partial charge in [-0.15, -0.1) is 0 Å². The normalized spacial score (nSPS) is 26.2. The largest absolute Gasteiger partial charge is 0.352 e. The minimum absolute atomic E-state index is 0.0787. The molecule has 2 amide bonds. The summed E-state index contributed by atoms with van der Waals surface area (Å²) >= 11 is 0. The van der Waals surface area contributed by atoms with Gasteiger partial charge in [-0.3, -0.25) is 19.4 Å². The first-order valence-electron chi connectivity index (χ1n) is 10.3. The van der Waals surface area contributed by atoms with Crippen LogP contribution in [0.4, 0.5) is 0 Å². The minimum atomic E-state index is -0.191. The summed E-state index contributed by atoms with van der Waals surface area (Å²) in [5.41, 5.74) is -0.191. The second kappa shape index (κ2) is 9.70. The van der Waals surface area contributed by atoms with Crippen molar-refractivity contribution in [2.75, 3.05) is 39.3 Å². The molecular formula is C20H38N4O2. The molecule has 26 heavy (non-hydrogen) atoms. The van der Waals surface area contributed by atoms with Gasteiger partial charge in [-0.25, -0.2) is 0 Å². The number of carbonyl (C=O) groups is 2. The summed E-state index contributed by atoms with van der Waals surface area (Å²) in [4.78, 5) is 29.0. The Labute approximate surface area is 159 Å². The SMILES string of the molecule is C[C@@H]1CCCC[C@H]1NC(=O)CN1CCCN(CC(=O)NC(C)(C)C)CC1. The number of nitrogens with zero attached hydrogens (tertiary/aromatic N) is 2. The highest BCUT2D eigenvalue weighted by atomic mass is 16.2. The smallest absolute Gasteiger partial charge is 0.234 e. The molecule has 0 aromatic carbocycles. The van der Waals surface area contributed by atoms with Gasteiger partial charge in [0.05, 0.1) is 13.1 Å². The fourth-order valence-corrected chi connectivity index (χ4v) is 3.99.